The lowest BCUT2D eigenvalue weighted by Gasteiger charge is -2.28. The molecule has 19 heavy (non-hydrogen) atoms. The molecule has 2 atom stereocenters. The summed E-state index contributed by atoms with van der Waals surface area (Å²) in [5.74, 6) is 2.73. The molecule has 0 radical (unpaired) electrons. The first-order valence-corrected chi connectivity index (χ1v) is 6.71. The van der Waals surface area contributed by atoms with E-state index in [0.717, 1.165) is 17.1 Å². The molecule has 1 rings (SSSR count). The average Bonchev–Trinajstić information content (AvgIpc) is 2.46. The molecule has 0 saturated carbocycles. The Morgan fingerprint density at radius 3 is 2.16 bits per heavy atom. The molecule has 0 aliphatic heterocycles. The Balaban J connectivity index is 3.05. The second-order valence-corrected chi connectivity index (χ2v) is 4.99. The largest absolute Gasteiger partial charge is 0.497 e. The van der Waals surface area contributed by atoms with Crippen LogP contribution in [0.2, 0.25) is 0 Å². The second kappa shape index (κ2) is 7.36. The van der Waals surface area contributed by atoms with Crippen molar-refractivity contribution in [2.45, 2.75) is 19.8 Å². The van der Waals surface area contributed by atoms with Gasteiger partial charge in [-0.25, -0.2) is 0 Å². The van der Waals surface area contributed by atoms with E-state index in [2.05, 4.69) is 13.8 Å². The Kier molecular flexibility index (Phi) is 6.12. The summed E-state index contributed by atoms with van der Waals surface area (Å²) in [5.41, 5.74) is 12.7. The van der Waals surface area contributed by atoms with Crippen molar-refractivity contribution in [3.8, 4) is 11.5 Å². The summed E-state index contributed by atoms with van der Waals surface area (Å²) in [4.78, 5) is 0. The van der Waals surface area contributed by atoms with Gasteiger partial charge < -0.3 is 20.9 Å². The van der Waals surface area contributed by atoms with E-state index < -0.39 is 0 Å². The molecule has 0 aromatic heterocycles. The van der Waals surface area contributed by atoms with Gasteiger partial charge in [-0.05, 0) is 49.0 Å². The molecule has 0 spiro atoms. The number of hydrogen-bond acceptors (Lipinski definition) is 4. The maximum Gasteiger partial charge on any atom is 0.122 e. The minimum atomic E-state index is 0.308. The number of hydrogen-bond donors (Lipinski definition) is 2. The Labute approximate surface area is 116 Å². The van der Waals surface area contributed by atoms with E-state index in [1.165, 1.54) is 0 Å². The van der Waals surface area contributed by atoms with E-state index in [-0.39, 0.29) is 0 Å². The van der Waals surface area contributed by atoms with Gasteiger partial charge in [0.15, 0.2) is 0 Å². The molecule has 0 aliphatic carbocycles. The van der Waals surface area contributed by atoms with E-state index >= 15 is 0 Å². The Morgan fingerprint density at radius 2 is 1.68 bits per heavy atom. The highest BCUT2D eigenvalue weighted by Crippen LogP contribution is 2.36. The van der Waals surface area contributed by atoms with Crippen LogP contribution in [-0.2, 0) is 0 Å². The van der Waals surface area contributed by atoms with Crippen molar-refractivity contribution in [2.75, 3.05) is 27.3 Å². The van der Waals surface area contributed by atoms with Crippen LogP contribution in [0, 0.1) is 11.8 Å². The third-order valence-corrected chi connectivity index (χ3v) is 4.07. The quantitative estimate of drug-likeness (QED) is 0.791. The van der Waals surface area contributed by atoms with Crippen LogP contribution in [0.4, 0.5) is 0 Å². The third-order valence-electron chi connectivity index (χ3n) is 4.07. The van der Waals surface area contributed by atoms with Crippen molar-refractivity contribution >= 4 is 0 Å². The predicted octanol–water partition coefficient (Wildman–Crippen LogP) is 1.98. The van der Waals surface area contributed by atoms with E-state index in [1.54, 1.807) is 14.2 Å². The van der Waals surface area contributed by atoms with Crippen molar-refractivity contribution in [3.63, 3.8) is 0 Å². The van der Waals surface area contributed by atoms with E-state index in [0.29, 0.717) is 30.8 Å². The lowest BCUT2D eigenvalue weighted by Crippen LogP contribution is -2.31. The highest BCUT2D eigenvalue weighted by Gasteiger charge is 2.24. The zero-order valence-electron chi connectivity index (χ0n) is 12.3. The normalized spacial score (nSPS) is 14.3. The molecular weight excluding hydrogens is 240 g/mol. The number of rotatable bonds is 7. The fourth-order valence-electron chi connectivity index (χ4n) is 2.41. The van der Waals surface area contributed by atoms with Crippen molar-refractivity contribution < 1.29 is 9.47 Å². The van der Waals surface area contributed by atoms with Crippen LogP contribution < -0.4 is 20.9 Å². The molecule has 0 saturated heterocycles. The number of benzene rings is 1. The smallest absolute Gasteiger partial charge is 0.122 e. The highest BCUT2D eigenvalue weighted by atomic mass is 16.5. The summed E-state index contributed by atoms with van der Waals surface area (Å²) >= 11 is 0. The van der Waals surface area contributed by atoms with Crippen molar-refractivity contribution in [1.29, 1.82) is 0 Å². The maximum atomic E-state index is 5.79. The van der Waals surface area contributed by atoms with Crippen LogP contribution in [0.25, 0.3) is 0 Å². The molecule has 4 nitrogen and oxygen atoms in total. The van der Waals surface area contributed by atoms with Crippen LogP contribution in [-0.4, -0.2) is 27.3 Å². The minimum absolute atomic E-state index is 0.308. The van der Waals surface area contributed by atoms with Crippen LogP contribution in [0.15, 0.2) is 18.2 Å². The number of methoxy groups -OCH3 is 2. The van der Waals surface area contributed by atoms with Crippen molar-refractivity contribution in [2.24, 2.45) is 23.3 Å². The molecular formula is C15H26N2O2. The van der Waals surface area contributed by atoms with Gasteiger partial charge in [-0.15, -0.1) is 0 Å². The van der Waals surface area contributed by atoms with Crippen LogP contribution in [0.1, 0.15) is 25.3 Å². The Hall–Kier alpha value is -1.26. The van der Waals surface area contributed by atoms with Gasteiger partial charge in [0, 0.05) is 5.56 Å². The molecule has 1 aromatic carbocycles. The lowest BCUT2D eigenvalue weighted by molar-refractivity contribution is 0.318. The molecule has 0 heterocycles. The number of ether oxygens (including phenoxy) is 2. The van der Waals surface area contributed by atoms with E-state index in [4.69, 9.17) is 20.9 Å². The first-order valence-electron chi connectivity index (χ1n) is 6.71. The summed E-state index contributed by atoms with van der Waals surface area (Å²) in [7, 11) is 3.36. The average molecular weight is 266 g/mol. The predicted molar refractivity (Wildman–Crippen MR) is 78.7 cm³/mol. The maximum absolute atomic E-state index is 5.79. The summed E-state index contributed by atoms with van der Waals surface area (Å²) in [6, 6.07) is 5.88. The molecule has 0 amide bonds. The fourth-order valence-corrected chi connectivity index (χ4v) is 2.41. The zero-order valence-corrected chi connectivity index (χ0v) is 12.3. The Bertz CT molecular complexity index is 392. The van der Waals surface area contributed by atoms with Crippen molar-refractivity contribution in [1.82, 2.24) is 0 Å². The van der Waals surface area contributed by atoms with Gasteiger partial charge in [0.25, 0.3) is 0 Å². The summed E-state index contributed by atoms with van der Waals surface area (Å²) in [6.07, 6.45) is 0. The molecule has 108 valence electrons. The molecule has 0 aliphatic rings. The van der Waals surface area contributed by atoms with Gasteiger partial charge in [0.2, 0.25) is 0 Å². The first kappa shape index (κ1) is 15.8. The molecule has 2 unspecified atom stereocenters. The SMILES string of the molecule is COc1ccc(OC)c(C(C)C(C)C(CN)CN)c1. The van der Waals surface area contributed by atoms with Crippen LogP contribution in [0.3, 0.4) is 0 Å². The van der Waals surface area contributed by atoms with E-state index in [9.17, 15) is 0 Å². The van der Waals surface area contributed by atoms with Gasteiger partial charge in [-0.1, -0.05) is 13.8 Å². The second-order valence-electron chi connectivity index (χ2n) is 4.99. The van der Waals surface area contributed by atoms with Gasteiger partial charge in [0.05, 0.1) is 14.2 Å². The Morgan fingerprint density at radius 1 is 1.05 bits per heavy atom. The minimum Gasteiger partial charge on any atom is -0.497 e. The van der Waals surface area contributed by atoms with Gasteiger partial charge in [0.1, 0.15) is 11.5 Å². The van der Waals surface area contributed by atoms with Gasteiger partial charge >= 0.3 is 0 Å². The van der Waals surface area contributed by atoms with Gasteiger partial charge in [-0.3, -0.25) is 0 Å². The van der Waals surface area contributed by atoms with E-state index in [1.807, 2.05) is 18.2 Å². The van der Waals surface area contributed by atoms with Crippen LogP contribution in [0.5, 0.6) is 11.5 Å². The van der Waals surface area contributed by atoms with Crippen molar-refractivity contribution in [3.05, 3.63) is 23.8 Å². The molecule has 4 heteroatoms. The lowest BCUT2D eigenvalue weighted by atomic mass is 9.80. The topological polar surface area (TPSA) is 70.5 Å². The molecule has 4 N–H and O–H groups in total. The van der Waals surface area contributed by atoms with Gasteiger partial charge in [-0.2, -0.15) is 0 Å². The monoisotopic (exact) mass is 266 g/mol. The molecule has 0 fully saturated rings. The zero-order chi connectivity index (χ0) is 14.4. The number of nitrogens with two attached hydrogens (primary N) is 2. The summed E-state index contributed by atoms with van der Waals surface area (Å²) in [5, 5.41) is 0. The summed E-state index contributed by atoms with van der Waals surface area (Å²) in [6.45, 7) is 5.58. The fraction of sp³-hybridized carbons (Fsp3) is 0.600. The first-order chi connectivity index (χ1) is 9.08. The molecule has 1 aromatic rings. The summed E-state index contributed by atoms with van der Waals surface area (Å²) < 4.78 is 10.7. The third kappa shape index (κ3) is 3.61. The standard InChI is InChI=1S/C15H26N2O2/c1-10(12(8-16)9-17)11(2)14-7-13(18-3)5-6-15(14)19-4/h5-7,10-12H,8-9,16-17H2,1-4H3. The highest BCUT2D eigenvalue weighted by molar-refractivity contribution is 5.42. The molecule has 0 bridgehead atoms. The van der Waals surface area contributed by atoms with Crippen LogP contribution >= 0.6 is 0 Å².